The second-order valence-corrected chi connectivity index (χ2v) is 5.41. The summed E-state index contributed by atoms with van der Waals surface area (Å²) in [6.07, 6.45) is 1.48. The third-order valence-electron chi connectivity index (χ3n) is 3.97. The zero-order chi connectivity index (χ0) is 13.5. The van der Waals surface area contributed by atoms with E-state index in [1.807, 2.05) is 6.07 Å². The molecular formula is C14H15NO4. The van der Waals surface area contributed by atoms with Gasteiger partial charge in [-0.1, -0.05) is 18.2 Å². The van der Waals surface area contributed by atoms with Gasteiger partial charge in [0.05, 0.1) is 12.5 Å². The summed E-state index contributed by atoms with van der Waals surface area (Å²) in [6.45, 7) is 0. The Hall–Kier alpha value is -2.04. The minimum Gasteiger partial charge on any atom is -0.469 e. The van der Waals surface area contributed by atoms with Gasteiger partial charge in [0.25, 0.3) is 0 Å². The molecule has 4 rings (SSSR count). The third-order valence-corrected chi connectivity index (χ3v) is 3.97. The van der Waals surface area contributed by atoms with E-state index >= 15 is 0 Å². The van der Waals surface area contributed by atoms with Gasteiger partial charge in [-0.3, -0.25) is 4.79 Å². The standard InChI is InChI=1S/C14H15NO4/c1-18-11(16)13-7-14(8-13,9-13)15-12(17)19-10-5-3-2-4-6-10/h2-6H,7-9H2,1H3,(H,15,17). The number of carbonyl (C=O) groups excluding carboxylic acids is 2. The van der Waals surface area contributed by atoms with Crippen molar-refractivity contribution < 1.29 is 19.1 Å². The van der Waals surface area contributed by atoms with Crippen LogP contribution in [0.25, 0.3) is 0 Å². The first-order chi connectivity index (χ1) is 9.07. The first-order valence-electron chi connectivity index (χ1n) is 6.21. The predicted octanol–water partition coefficient (Wildman–Crippen LogP) is 1.87. The van der Waals surface area contributed by atoms with Gasteiger partial charge in [-0.25, -0.2) is 4.79 Å². The lowest BCUT2D eigenvalue weighted by Crippen LogP contribution is -2.77. The third kappa shape index (κ3) is 1.85. The van der Waals surface area contributed by atoms with E-state index in [1.165, 1.54) is 7.11 Å². The Labute approximate surface area is 110 Å². The number of carbonyl (C=O) groups is 2. The maximum atomic E-state index is 11.7. The van der Waals surface area contributed by atoms with Gasteiger partial charge in [-0.2, -0.15) is 0 Å². The summed E-state index contributed by atoms with van der Waals surface area (Å²) in [7, 11) is 1.40. The summed E-state index contributed by atoms with van der Waals surface area (Å²) in [4.78, 5) is 23.2. The number of para-hydroxylation sites is 1. The SMILES string of the molecule is COC(=O)C12CC(NC(=O)Oc3ccccc3)(C1)C2. The lowest BCUT2D eigenvalue weighted by molar-refractivity contribution is -0.199. The van der Waals surface area contributed by atoms with Crippen molar-refractivity contribution in [2.45, 2.75) is 24.8 Å². The van der Waals surface area contributed by atoms with E-state index < -0.39 is 6.09 Å². The van der Waals surface area contributed by atoms with Gasteiger partial charge in [-0.05, 0) is 31.4 Å². The maximum Gasteiger partial charge on any atom is 0.413 e. The Morgan fingerprint density at radius 1 is 1.16 bits per heavy atom. The number of ether oxygens (including phenoxy) is 2. The monoisotopic (exact) mass is 261 g/mol. The van der Waals surface area contributed by atoms with E-state index in [0.29, 0.717) is 25.0 Å². The first-order valence-corrected chi connectivity index (χ1v) is 6.21. The highest BCUT2D eigenvalue weighted by atomic mass is 16.6. The molecule has 5 nitrogen and oxygen atoms in total. The average Bonchev–Trinajstić information content (AvgIpc) is 2.32. The molecule has 1 N–H and O–H groups in total. The van der Waals surface area contributed by atoms with Crippen LogP contribution in [0.2, 0.25) is 0 Å². The van der Waals surface area contributed by atoms with E-state index in [1.54, 1.807) is 24.3 Å². The number of esters is 1. The molecule has 0 saturated heterocycles. The number of methoxy groups -OCH3 is 1. The molecule has 0 aromatic heterocycles. The van der Waals surface area contributed by atoms with E-state index in [2.05, 4.69) is 5.32 Å². The van der Waals surface area contributed by atoms with Crippen molar-refractivity contribution in [2.24, 2.45) is 5.41 Å². The average molecular weight is 261 g/mol. The minimum absolute atomic E-state index is 0.174. The summed E-state index contributed by atoms with van der Waals surface area (Å²) in [6, 6.07) is 8.90. The van der Waals surface area contributed by atoms with Crippen molar-refractivity contribution in [2.75, 3.05) is 7.11 Å². The normalized spacial score (nSPS) is 30.6. The molecule has 3 aliphatic carbocycles. The second-order valence-electron chi connectivity index (χ2n) is 5.41. The molecule has 100 valence electrons. The molecule has 3 aliphatic rings. The van der Waals surface area contributed by atoms with Crippen molar-refractivity contribution in [3.05, 3.63) is 30.3 Å². The molecule has 1 aromatic rings. The van der Waals surface area contributed by atoms with Gasteiger partial charge in [0.1, 0.15) is 5.75 Å². The van der Waals surface area contributed by atoms with Crippen LogP contribution in [0, 0.1) is 5.41 Å². The number of hydrogen-bond acceptors (Lipinski definition) is 4. The Bertz CT molecular complexity index is 506. The van der Waals surface area contributed by atoms with Gasteiger partial charge < -0.3 is 14.8 Å². The van der Waals surface area contributed by atoms with Crippen molar-refractivity contribution >= 4 is 12.1 Å². The molecule has 2 bridgehead atoms. The Morgan fingerprint density at radius 2 is 1.79 bits per heavy atom. The van der Waals surface area contributed by atoms with Gasteiger partial charge in [0, 0.05) is 5.54 Å². The Morgan fingerprint density at radius 3 is 2.37 bits per heavy atom. The Kier molecular flexibility index (Phi) is 2.52. The highest BCUT2D eigenvalue weighted by Crippen LogP contribution is 2.67. The quantitative estimate of drug-likeness (QED) is 0.844. The molecular weight excluding hydrogens is 246 g/mol. The van der Waals surface area contributed by atoms with Crippen LogP contribution in [-0.2, 0) is 9.53 Å². The summed E-state index contributed by atoms with van der Waals surface area (Å²) in [5.41, 5.74) is -0.616. The number of nitrogens with one attached hydrogen (secondary N) is 1. The number of benzene rings is 1. The second kappa shape index (κ2) is 3.98. The molecule has 0 spiro atoms. The van der Waals surface area contributed by atoms with Gasteiger partial charge in [-0.15, -0.1) is 0 Å². The summed E-state index contributed by atoms with van der Waals surface area (Å²) in [5, 5.41) is 2.84. The zero-order valence-corrected chi connectivity index (χ0v) is 10.6. The summed E-state index contributed by atoms with van der Waals surface area (Å²) < 4.78 is 9.92. The van der Waals surface area contributed by atoms with Crippen molar-refractivity contribution in [3.63, 3.8) is 0 Å². The Balaban J connectivity index is 1.53. The fourth-order valence-electron chi connectivity index (χ4n) is 3.19. The molecule has 0 atom stereocenters. The zero-order valence-electron chi connectivity index (χ0n) is 10.6. The molecule has 3 saturated carbocycles. The van der Waals surface area contributed by atoms with E-state index in [9.17, 15) is 9.59 Å². The van der Waals surface area contributed by atoms with Crippen LogP contribution in [-0.4, -0.2) is 24.7 Å². The lowest BCUT2D eigenvalue weighted by atomic mass is 9.39. The minimum atomic E-state index is -0.468. The van der Waals surface area contributed by atoms with Crippen LogP contribution in [0.4, 0.5) is 4.79 Å². The fraction of sp³-hybridized carbons (Fsp3) is 0.429. The van der Waals surface area contributed by atoms with Crippen molar-refractivity contribution in [1.29, 1.82) is 0 Å². The highest BCUT2D eigenvalue weighted by Gasteiger charge is 2.73. The first kappa shape index (κ1) is 12.0. The molecule has 1 aromatic carbocycles. The molecule has 0 aliphatic heterocycles. The van der Waals surface area contributed by atoms with Crippen LogP contribution >= 0.6 is 0 Å². The van der Waals surface area contributed by atoms with E-state index in [-0.39, 0.29) is 16.9 Å². The molecule has 1 amide bonds. The fourth-order valence-corrected chi connectivity index (χ4v) is 3.19. The number of hydrogen-bond donors (Lipinski definition) is 1. The maximum absolute atomic E-state index is 11.7. The number of amides is 1. The molecule has 3 fully saturated rings. The smallest absolute Gasteiger partial charge is 0.413 e. The van der Waals surface area contributed by atoms with E-state index in [0.717, 1.165) is 0 Å². The predicted molar refractivity (Wildman–Crippen MR) is 66.6 cm³/mol. The van der Waals surface area contributed by atoms with Crippen LogP contribution < -0.4 is 10.1 Å². The van der Waals surface area contributed by atoms with Gasteiger partial charge in [0.2, 0.25) is 0 Å². The lowest BCUT2D eigenvalue weighted by Gasteiger charge is -2.67. The largest absolute Gasteiger partial charge is 0.469 e. The molecule has 19 heavy (non-hydrogen) atoms. The topological polar surface area (TPSA) is 64.6 Å². The van der Waals surface area contributed by atoms with Crippen LogP contribution in [0.5, 0.6) is 5.75 Å². The molecule has 0 heterocycles. The summed E-state index contributed by atoms with van der Waals surface area (Å²) >= 11 is 0. The van der Waals surface area contributed by atoms with Crippen LogP contribution in [0.3, 0.4) is 0 Å². The highest BCUT2D eigenvalue weighted by molar-refractivity contribution is 5.83. The molecule has 0 radical (unpaired) electrons. The van der Waals surface area contributed by atoms with Gasteiger partial charge in [0.15, 0.2) is 0 Å². The summed E-state index contributed by atoms with van der Waals surface area (Å²) in [5.74, 6) is 0.335. The van der Waals surface area contributed by atoms with Crippen molar-refractivity contribution in [1.82, 2.24) is 5.32 Å². The van der Waals surface area contributed by atoms with Gasteiger partial charge >= 0.3 is 12.1 Å². The number of rotatable bonds is 3. The van der Waals surface area contributed by atoms with Crippen LogP contribution in [0.15, 0.2) is 30.3 Å². The van der Waals surface area contributed by atoms with Crippen LogP contribution in [0.1, 0.15) is 19.3 Å². The van der Waals surface area contributed by atoms with Crippen molar-refractivity contribution in [3.8, 4) is 5.75 Å². The van der Waals surface area contributed by atoms with E-state index in [4.69, 9.17) is 9.47 Å². The molecule has 0 unspecified atom stereocenters. The molecule has 5 heteroatoms.